The van der Waals surface area contributed by atoms with Gasteiger partial charge in [0, 0.05) is 42.1 Å². The standard InChI is InChI=1S/C38H22OS/c1-2-11-24-22-25(21-20-23(24)10-1)34-26-12-3-4-13-27(26)36(37-28-14-5-7-17-31(28)39-38(34)37)30-16-9-19-33-35(30)29-15-6-8-18-32(29)40-33/h1-22H/i1D,2D,10D,11D,20D,21D,22D. The molecule has 0 spiro atoms. The van der Waals surface area contributed by atoms with Crippen molar-refractivity contribution in [3.05, 3.63) is 133 Å². The van der Waals surface area contributed by atoms with Crippen LogP contribution in [0.2, 0.25) is 0 Å². The maximum atomic E-state index is 9.41. The van der Waals surface area contributed by atoms with Crippen LogP contribution in [0.4, 0.5) is 0 Å². The fourth-order valence-electron chi connectivity index (χ4n) is 6.06. The molecule has 0 aliphatic rings. The van der Waals surface area contributed by atoms with E-state index in [0.717, 1.165) is 42.8 Å². The maximum Gasteiger partial charge on any atom is 0.144 e. The van der Waals surface area contributed by atoms with E-state index in [9.17, 15) is 2.74 Å². The second-order valence-corrected chi connectivity index (χ2v) is 11.0. The minimum atomic E-state index is -0.493. The molecular formula is C38H22OS. The third kappa shape index (κ3) is 3.03. The summed E-state index contributed by atoms with van der Waals surface area (Å²) in [7, 11) is 0. The normalized spacial score (nSPS) is 14.4. The number of thiophene rings is 1. The van der Waals surface area contributed by atoms with Crippen molar-refractivity contribution in [2.75, 3.05) is 0 Å². The Bertz CT molecular complexity index is 2830. The van der Waals surface area contributed by atoms with E-state index < -0.39 is 24.2 Å². The summed E-state index contributed by atoms with van der Waals surface area (Å²) in [5.41, 5.74) is 3.64. The largest absolute Gasteiger partial charge is 0.455 e. The van der Waals surface area contributed by atoms with Crippen LogP contribution in [0.1, 0.15) is 9.60 Å². The molecule has 0 N–H and O–H groups in total. The van der Waals surface area contributed by atoms with Gasteiger partial charge in [0.2, 0.25) is 0 Å². The summed E-state index contributed by atoms with van der Waals surface area (Å²) >= 11 is 1.74. The van der Waals surface area contributed by atoms with E-state index in [1.165, 1.54) is 4.70 Å². The summed E-state index contributed by atoms with van der Waals surface area (Å²) in [5, 5.41) is 5.35. The van der Waals surface area contributed by atoms with E-state index in [1.807, 2.05) is 60.7 Å². The molecule has 0 saturated heterocycles. The van der Waals surface area contributed by atoms with Gasteiger partial charge in [-0.05, 0) is 56.9 Å². The summed E-state index contributed by atoms with van der Waals surface area (Å²) < 4.78 is 70.4. The van der Waals surface area contributed by atoms with Gasteiger partial charge in [-0.1, -0.05) is 109 Å². The first-order valence-electron chi connectivity index (χ1n) is 16.5. The predicted octanol–water partition coefficient (Wildman–Crippen LogP) is 11.6. The van der Waals surface area contributed by atoms with Crippen LogP contribution in [-0.2, 0) is 0 Å². The van der Waals surface area contributed by atoms with E-state index in [0.29, 0.717) is 22.1 Å². The third-order valence-electron chi connectivity index (χ3n) is 7.71. The molecule has 0 bridgehead atoms. The molecule has 2 heterocycles. The van der Waals surface area contributed by atoms with Crippen LogP contribution < -0.4 is 0 Å². The van der Waals surface area contributed by atoms with Gasteiger partial charge in [-0.15, -0.1) is 11.3 Å². The second-order valence-electron chi connectivity index (χ2n) is 9.87. The van der Waals surface area contributed by atoms with Crippen molar-refractivity contribution in [2.45, 2.75) is 0 Å². The zero-order chi connectivity index (χ0) is 32.3. The highest BCUT2D eigenvalue weighted by Gasteiger charge is 2.24. The average Bonchev–Trinajstić information content (AvgIpc) is 3.66. The van der Waals surface area contributed by atoms with Crippen LogP contribution in [0.15, 0.2) is 138 Å². The lowest BCUT2D eigenvalue weighted by atomic mass is 9.86. The molecule has 2 heteroatoms. The number of benzene rings is 7. The van der Waals surface area contributed by atoms with Crippen LogP contribution in [0, 0.1) is 0 Å². The van der Waals surface area contributed by atoms with Crippen molar-refractivity contribution in [1.82, 2.24) is 0 Å². The molecule has 40 heavy (non-hydrogen) atoms. The summed E-state index contributed by atoms with van der Waals surface area (Å²) in [5.74, 6) is 0. The molecule has 0 aliphatic carbocycles. The van der Waals surface area contributed by atoms with Crippen molar-refractivity contribution >= 4 is 75.0 Å². The molecule has 0 unspecified atom stereocenters. The number of rotatable bonds is 2. The summed E-state index contributed by atoms with van der Waals surface area (Å²) in [4.78, 5) is 0. The van der Waals surface area contributed by atoms with Gasteiger partial charge >= 0.3 is 0 Å². The molecule has 0 saturated carbocycles. The van der Waals surface area contributed by atoms with Crippen molar-refractivity contribution in [3.8, 4) is 22.3 Å². The molecule has 0 radical (unpaired) electrons. The van der Waals surface area contributed by atoms with Gasteiger partial charge in [-0.3, -0.25) is 0 Å². The van der Waals surface area contributed by atoms with Crippen LogP contribution in [0.25, 0.3) is 85.9 Å². The first-order chi connectivity index (χ1) is 22.8. The highest BCUT2D eigenvalue weighted by Crippen LogP contribution is 2.50. The highest BCUT2D eigenvalue weighted by atomic mass is 32.1. The lowest BCUT2D eigenvalue weighted by Gasteiger charge is -2.16. The van der Waals surface area contributed by atoms with Gasteiger partial charge in [0.15, 0.2) is 0 Å². The van der Waals surface area contributed by atoms with Gasteiger partial charge in [0.25, 0.3) is 0 Å². The molecule has 2 aromatic heterocycles. The minimum Gasteiger partial charge on any atom is -0.455 e. The van der Waals surface area contributed by atoms with Crippen molar-refractivity contribution < 1.29 is 14.0 Å². The predicted molar refractivity (Wildman–Crippen MR) is 172 cm³/mol. The molecule has 186 valence electrons. The number of furan rings is 1. The minimum absolute atomic E-state index is 0.0843. The number of para-hydroxylation sites is 1. The first-order valence-corrected chi connectivity index (χ1v) is 13.9. The molecule has 7 aromatic carbocycles. The van der Waals surface area contributed by atoms with Gasteiger partial charge < -0.3 is 4.42 Å². The first kappa shape index (κ1) is 16.2. The van der Waals surface area contributed by atoms with E-state index in [1.54, 1.807) is 11.3 Å². The van der Waals surface area contributed by atoms with Crippen molar-refractivity contribution in [3.63, 3.8) is 0 Å². The Balaban J connectivity index is 1.54. The van der Waals surface area contributed by atoms with E-state index in [4.69, 9.17) is 11.3 Å². The van der Waals surface area contributed by atoms with Crippen molar-refractivity contribution in [1.29, 1.82) is 0 Å². The van der Waals surface area contributed by atoms with Crippen LogP contribution in [0.5, 0.6) is 0 Å². The summed E-state index contributed by atoms with van der Waals surface area (Å²) in [6.45, 7) is 0. The maximum absolute atomic E-state index is 9.41. The molecule has 0 fully saturated rings. The number of fused-ring (bicyclic) bond motifs is 8. The number of hydrogen-bond acceptors (Lipinski definition) is 2. The molecule has 9 aromatic rings. The Morgan fingerprint density at radius 2 is 1.25 bits per heavy atom. The lowest BCUT2D eigenvalue weighted by molar-refractivity contribution is 0.670. The van der Waals surface area contributed by atoms with Gasteiger partial charge in [0.1, 0.15) is 11.2 Å². The Morgan fingerprint density at radius 3 is 2.12 bits per heavy atom. The second kappa shape index (κ2) is 8.29. The fraction of sp³-hybridized carbons (Fsp3) is 0. The zero-order valence-corrected chi connectivity index (χ0v) is 21.8. The van der Waals surface area contributed by atoms with E-state index in [2.05, 4.69) is 30.3 Å². The van der Waals surface area contributed by atoms with Crippen LogP contribution >= 0.6 is 11.3 Å². The zero-order valence-electron chi connectivity index (χ0n) is 28.0. The summed E-state index contributed by atoms with van der Waals surface area (Å²) in [6, 6.07) is 27.6. The molecule has 1 nitrogen and oxygen atoms in total. The smallest absolute Gasteiger partial charge is 0.144 e. The van der Waals surface area contributed by atoms with Crippen LogP contribution in [0.3, 0.4) is 0 Å². The van der Waals surface area contributed by atoms with Gasteiger partial charge in [0.05, 0.1) is 9.60 Å². The Hall–Kier alpha value is -4.92. The Labute approximate surface area is 244 Å². The van der Waals surface area contributed by atoms with Crippen molar-refractivity contribution in [2.24, 2.45) is 0 Å². The van der Waals surface area contributed by atoms with Gasteiger partial charge in [-0.2, -0.15) is 0 Å². The third-order valence-corrected chi connectivity index (χ3v) is 8.85. The average molecular weight is 534 g/mol. The Kier molecular flexibility index (Phi) is 3.37. The summed E-state index contributed by atoms with van der Waals surface area (Å²) in [6.07, 6.45) is 0. The van der Waals surface area contributed by atoms with E-state index in [-0.39, 0.29) is 34.5 Å². The Morgan fingerprint density at radius 1 is 0.550 bits per heavy atom. The highest BCUT2D eigenvalue weighted by molar-refractivity contribution is 7.25. The quantitative estimate of drug-likeness (QED) is 0.215. The number of hydrogen-bond donors (Lipinski definition) is 0. The molecule has 0 atom stereocenters. The molecular weight excluding hydrogens is 504 g/mol. The monoisotopic (exact) mass is 533 g/mol. The SMILES string of the molecule is [2H]c1c([2H])c([2H])c2c([2H])c(-c3c4ccccc4c(-c4cccc5sc6ccccc6c45)c4c3oc3ccccc34)c([2H])c([2H])c2c1[2H]. The van der Waals surface area contributed by atoms with Gasteiger partial charge in [-0.25, -0.2) is 0 Å². The van der Waals surface area contributed by atoms with Crippen LogP contribution in [-0.4, -0.2) is 0 Å². The molecule has 9 rings (SSSR count). The van der Waals surface area contributed by atoms with E-state index >= 15 is 0 Å². The topological polar surface area (TPSA) is 13.1 Å². The lowest BCUT2D eigenvalue weighted by Crippen LogP contribution is -1.90. The fourth-order valence-corrected chi connectivity index (χ4v) is 7.20. The molecule has 0 amide bonds. The molecule has 0 aliphatic heterocycles.